The smallest absolute Gasteiger partial charge is 0.410 e. The van der Waals surface area contributed by atoms with Crippen molar-refractivity contribution in [2.24, 2.45) is 0 Å². The van der Waals surface area contributed by atoms with Gasteiger partial charge < -0.3 is 14.7 Å². The summed E-state index contributed by atoms with van der Waals surface area (Å²) in [6, 6.07) is 7.67. The minimum Gasteiger partial charge on any atom is -0.449 e. The lowest BCUT2D eigenvalue weighted by Gasteiger charge is -2.40. The van der Waals surface area contributed by atoms with Gasteiger partial charge in [-0.3, -0.25) is 4.90 Å². The Morgan fingerprint density at radius 1 is 1.42 bits per heavy atom. The Morgan fingerprint density at radius 3 is 2.96 bits per heavy atom. The second-order valence-corrected chi connectivity index (χ2v) is 6.61. The summed E-state index contributed by atoms with van der Waals surface area (Å²) in [6.45, 7) is 5.39. The molecule has 0 aliphatic carbocycles. The minimum absolute atomic E-state index is 0.0451. The van der Waals surface area contributed by atoms with Crippen molar-refractivity contribution >= 4 is 17.7 Å². The summed E-state index contributed by atoms with van der Waals surface area (Å²) in [5, 5.41) is 10.4. The molecule has 2 rings (SSSR count). The van der Waals surface area contributed by atoms with E-state index >= 15 is 0 Å². The van der Waals surface area contributed by atoms with Crippen LogP contribution in [0.4, 0.5) is 4.79 Å². The van der Waals surface area contributed by atoms with E-state index in [-0.39, 0.29) is 18.7 Å². The fraction of sp³-hybridized carbons (Fsp3) is 0.611. The van der Waals surface area contributed by atoms with Gasteiger partial charge in [0.1, 0.15) is 0 Å². The van der Waals surface area contributed by atoms with Gasteiger partial charge in [0.25, 0.3) is 0 Å². The van der Waals surface area contributed by atoms with Crippen LogP contribution in [0.2, 0.25) is 5.02 Å². The third-order valence-corrected chi connectivity index (χ3v) is 4.58. The Bertz CT molecular complexity index is 527. The first-order valence-corrected chi connectivity index (χ1v) is 9.03. The van der Waals surface area contributed by atoms with Gasteiger partial charge >= 0.3 is 6.09 Å². The Kier molecular flexibility index (Phi) is 7.82. The topological polar surface area (TPSA) is 53.0 Å². The standard InChI is InChI=1S/C18H27ClN2O3/c1-2-3-11-24-18(23)21-10-9-20(13-17(21)14-22)8-7-15-5-4-6-16(19)12-15/h4-6,12,17,22H,2-3,7-11,13-14H2,1H3/t17-/m0/s1. The van der Waals surface area contributed by atoms with Crippen LogP contribution < -0.4 is 0 Å². The van der Waals surface area contributed by atoms with Crippen molar-refractivity contribution in [1.29, 1.82) is 0 Å². The number of hydrogen-bond acceptors (Lipinski definition) is 4. The highest BCUT2D eigenvalue weighted by atomic mass is 35.5. The number of carbonyl (C=O) groups excluding carboxylic acids is 1. The molecule has 5 nitrogen and oxygen atoms in total. The zero-order valence-corrected chi connectivity index (χ0v) is 15.0. The molecular formula is C18H27ClN2O3. The third kappa shape index (κ3) is 5.65. The highest BCUT2D eigenvalue weighted by Crippen LogP contribution is 2.14. The van der Waals surface area contributed by atoms with Crippen molar-refractivity contribution < 1.29 is 14.6 Å². The summed E-state index contributed by atoms with van der Waals surface area (Å²) < 4.78 is 5.27. The Morgan fingerprint density at radius 2 is 2.25 bits per heavy atom. The van der Waals surface area contributed by atoms with Gasteiger partial charge in [-0.25, -0.2) is 4.79 Å². The lowest BCUT2D eigenvalue weighted by molar-refractivity contribution is 0.0260. The monoisotopic (exact) mass is 354 g/mol. The predicted octanol–water partition coefficient (Wildman–Crippen LogP) is 2.80. The molecule has 0 bridgehead atoms. The number of benzene rings is 1. The summed E-state index contributed by atoms with van der Waals surface area (Å²) in [7, 11) is 0. The molecule has 0 aromatic heterocycles. The molecule has 0 radical (unpaired) electrons. The van der Waals surface area contributed by atoms with Crippen molar-refractivity contribution in [3.8, 4) is 0 Å². The number of piperazine rings is 1. The van der Waals surface area contributed by atoms with Crippen molar-refractivity contribution in [1.82, 2.24) is 9.80 Å². The maximum atomic E-state index is 12.1. The number of carbonyl (C=O) groups is 1. The zero-order valence-electron chi connectivity index (χ0n) is 14.3. The van der Waals surface area contributed by atoms with E-state index in [1.165, 1.54) is 5.56 Å². The van der Waals surface area contributed by atoms with E-state index in [4.69, 9.17) is 16.3 Å². The Hall–Kier alpha value is -1.30. The number of aliphatic hydroxyl groups excluding tert-OH is 1. The number of rotatable bonds is 7. The summed E-state index contributed by atoms with van der Waals surface area (Å²) in [5.74, 6) is 0. The molecule has 1 aromatic carbocycles. The fourth-order valence-corrected chi connectivity index (χ4v) is 3.10. The molecule has 1 N–H and O–H groups in total. The first-order valence-electron chi connectivity index (χ1n) is 8.65. The minimum atomic E-state index is -0.308. The lowest BCUT2D eigenvalue weighted by Crippen LogP contribution is -2.57. The van der Waals surface area contributed by atoms with Crippen LogP contribution in [-0.4, -0.2) is 66.4 Å². The molecule has 134 valence electrons. The van der Waals surface area contributed by atoms with Crippen LogP contribution in [0, 0.1) is 0 Å². The number of halogens is 1. The number of nitrogens with zero attached hydrogens (tertiary/aromatic N) is 2. The van der Waals surface area contributed by atoms with Crippen LogP contribution in [0.1, 0.15) is 25.3 Å². The summed E-state index contributed by atoms with van der Waals surface area (Å²) in [4.78, 5) is 16.1. The Labute approximate surface area is 149 Å². The molecule has 0 unspecified atom stereocenters. The van der Waals surface area contributed by atoms with Gasteiger partial charge in [-0.2, -0.15) is 0 Å². The van der Waals surface area contributed by atoms with Crippen molar-refractivity contribution in [3.05, 3.63) is 34.9 Å². The molecular weight excluding hydrogens is 328 g/mol. The maximum Gasteiger partial charge on any atom is 0.410 e. The molecule has 1 fully saturated rings. The van der Waals surface area contributed by atoms with E-state index in [2.05, 4.69) is 17.9 Å². The van der Waals surface area contributed by atoms with Gasteiger partial charge in [0.2, 0.25) is 0 Å². The molecule has 1 aliphatic rings. The van der Waals surface area contributed by atoms with Gasteiger partial charge in [0.05, 0.1) is 19.3 Å². The zero-order chi connectivity index (χ0) is 17.4. The predicted molar refractivity (Wildman–Crippen MR) is 95.4 cm³/mol. The van der Waals surface area contributed by atoms with Crippen LogP contribution in [0.3, 0.4) is 0 Å². The number of ether oxygens (including phenoxy) is 1. The molecule has 1 aliphatic heterocycles. The van der Waals surface area contributed by atoms with Crippen molar-refractivity contribution in [3.63, 3.8) is 0 Å². The lowest BCUT2D eigenvalue weighted by atomic mass is 10.1. The van der Waals surface area contributed by atoms with E-state index in [0.717, 1.165) is 37.4 Å². The normalized spacial score (nSPS) is 18.6. The van der Waals surface area contributed by atoms with Gasteiger partial charge in [-0.05, 0) is 30.5 Å². The SMILES string of the molecule is CCCCOC(=O)N1CCN(CCc2cccc(Cl)c2)C[C@H]1CO. The Balaban J connectivity index is 1.82. The van der Waals surface area contributed by atoms with E-state index in [9.17, 15) is 9.90 Å². The molecule has 24 heavy (non-hydrogen) atoms. The van der Waals surface area contributed by atoms with Crippen molar-refractivity contribution in [2.75, 3.05) is 39.4 Å². The van der Waals surface area contributed by atoms with E-state index in [1.807, 2.05) is 18.2 Å². The van der Waals surface area contributed by atoms with Crippen LogP contribution in [0.5, 0.6) is 0 Å². The average molecular weight is 355 g/mol. The first-order chi connectivity index (χ1) is 11.6. The molecule has 1 aromatic rings. The number of unbranched alkanes of at least 4 members (excludes halogenated alkanes) is 1. The highest BCUT2D eigenvalue weighted by molar-refractivity contribution is 6.30. The first kappa shape index (κ1) is 19.0. The molecule has 0 spiro atoms. The van der Waals surface area contributed by atoms with Crippen LogP contribution in [0.25, 0.3) is 0 Å². The molecule has 6 heteroatoms. The van der Waals surface area contributed by atoms with E-state index in [0.29, 0.717) is 19.7 Å². The second-order valence-electron chi connectivity index (χ2n) is 6.18. The van der Waals surface area contributed by atoms with Gasteiger partial charge in [0, 0.05) is 31.2 Å². The average Bonchev–Trinajstić information content (AvgIpc) is 2.60. The van der Waals surface area contributed by atoms with Crippen LogP contribution in [0.15, 0.2) is 24.3 Å². The van der Waals surface area contributed by atoms with Gasteiger partial charge in [0.15, 0.2) is 0 Å². The highest BCUT2D eigenvalue weighted by Gasteiger charge is 2.30. The summed E-state index contributed by atoms with van der Waals surface area (Å²) >= 11 is 6.01. The molecule has 0 saturated carbocycles. The maximum absolute atomic E-state index is 12.1. The number of amides is 1. The quantitative estimate of drug-likeness (QED) is 0.765. The van der Waals surface area contributed by atoms with Crippen LogP contribution >= 0.6 is 11.6 Å². The fourth-order valence-electron chi connectivity index (χ4n) is 2.89. The molecule has 1 heterocycles. The number of hydrogen-bond donors (Lipinski definition) is 1. The van der Waals surface area contributed by atoms with Crippen LogP contribution in [-0.2, 0) is 11.2 Å². The summed E-state index contributed by atoms with van der Waals surface area (Å²) in [5.41, 5.74) is 1.20. The van der Waals surface area contributed by atoms with E-state index in [1.54, 1.807) is 4.90 Å². The molecule has 1 amide bonds. The summed E-state index contributed by atoms with van der Waals surface area (Å²) in [6.07, 6.45) is 2.46. The van der Waals surface area contributed by atoms with E-state index < -0.39 is 0 Å². The number of aliphatic hydroxyl groups is 1. The second kappa shape index (κ2) is 9.87. The van der Waals surface area contributed by atoms with Gasteiger partial charge in [-0.15, -0.1) is 0 Å². The van der Waals surface area contributed by atoms with Gasteiger partial charge in [-0.1, -0.05) is 37.1 Å². The molecule has 1 saturated heterocycles. The molecule has 1 atom stereocenters. The van der Waals surface area contributed by atoms with Crippen molar-refractivity contribution in [2.45, 2.75) is 32.2 Å². The largest absolute Gasteiger partial charge is 0.449 e. The third-order valence-electron chi connectivity index (χ3n) is 4.34.